The summed E-state index contributed by atoms with van der Waals surface area (Å²) in [6, 6.07) is 15.8. The molecule has 0 unspecified atom stereocenters. The molecule has 2 aromatic carbocycles. The molecule has 2 aromatic rings. The summed E-state index contributed by atoms with van der Waals surface area (Å²) in [5.74, 6) is -0.0978. The monoisotopic (exact) mass is 359 g/mol. The molecule has 2 N–H and O–H groups in total. The Morgan fingerprint density at radius 1 is 1.04 bits per heavy atom. The minimum Gasteiger partial charge on any atom is -0.484 e. The van der Waals surface area contributed by atoms with E-state index in [1.54, 1.807) is 43.3 Å². The Morgan fingerprint density at radius 2 is 1.72 bits per heavy atom. The molecule has 0 saturated heterocycles. The van der Waals surface area contributed by atoms with Crippen molar-refractivity contribution in [3.8, 4) is 5.75 Å². The van der Waals surface area contributed by atoms with Crippen LogP contribution in [0, 0.1) is 0 Å². The molecule has 0 saturated carbocycles. The van der Waals surface area contributed by atoms with E-state index in [0.29, 0.717) is 22.2 Å². The highest BCUT2D eigenvalue weighted by Crippen LogP contribution is 2.15. The SMILES string of the molecule is C/C(CC(=O)Nc1ccccc1)=N\NC(=O)COc1ccc(Cl)cc1. The topological polar surface area (TPSA) is 79.8 Å². The number of ether oxygens (including phenoxy) is 1. The van der Waals surface area contributed by atoms with E-state index in [9.17, 15) is 9.59 Å². The molecule has 0 spiro atoms. The molecule has 0 fully saturated rings. The van der Waals surface area contributed by atoms with Crippen LogP contribution in [0.4, 0.5) is 5.69 Å². The highest BCUT2D eigenvalue weighted by molar-refractivity contribution is 6.30. The van der Waals surface area contributed by atoms with E-state index in [-0.39, 0.29) is 18.9 Å². The van der Waals surface area contributed by atoms with Crippen molar-refractivity contribution < 1.29 is 14.3 Å². The van der Waals surface area contributed by atoms with E-state index >= 15 is 0 Å². The van der Waals surface area contributed by atoms with Gasteiger partial charge < -0.3 is 10.1 Å². The number of hydrogen-bond donors (Lipinski definition) is 2. The Labute approximate surface area is 150 Å². The fraction of sp³-hybridized carbons (Fsp3) is 0.167. The fourth-order valence-corrected chi connectivity index (χ4v) is 1.99. The highest BCUT2D eigenvalue weighted by Gasteiger charge is 2.06. The number of carbonyl (C=O) groups is 2. The Balaban J connectivity index is 1.73. The summed E-state index contributed by atoms with van der Waals surface area (Å²) < 4.78 is 5.30. The molecule has 0 bridgehead atoms. The van der Waals surface area contributed by atoms with Crippen molar-refractivity contribution in [2.75, 3.05) is 11.9 Å². The fourth-order valence-electron chi connectivity index (χ4n) is 1.87. The number of nitrogens with one attached hydrogen (secondary N) is 2. The first kappa shape index (κ1) is 18.5. The van der Waals surface area contributed by atoms with Crippen LogP contribution in [0.5, 0.6) is 5.75 Å². The number of anilines is 1. The minimum atomic E-state index is -0.419. The second-order valence-electron chi connectivity index (χ2n) is 5.22. The van der Waals surface area contributed by atoms with E-state index in [1.165, 1.54) is 0 Å². The summed E-state index contributed by atoms with van der Waals surface area (Å²) in [5.41, 5.74) is 3.54. The van der Waals surface area contributed by atoms with Crippen LogP contribution in [0.15, 0.2) is 59.7 Å². The number of hydrogen-bond acceptors (Lipinski definition) is 4. The van der Waals surface area contributed by atoms with Gasteiger partial charge in [0.2, 0.25) is 5.91 Å². The molecule has 7 heteroatoms. The molecule has 2 rings (SSSR count). The molecule has 0 aromatic heterocycles. The number of rotatable bonds is 7. The first-order valence-corrected chi connectivity index (χ1v) is 7.96. The molecule has 0 heterocycles. The van der Waals surface area contributed by atoms with Crippen LogP contribution in [0.1, 0.15) is 13.3 Å². The summed E-state index contributed by atoms with van der Waals surface area (Å²) >= 11 is 5.77. The second-order valence-corrected chi connectivity index (χ2v) is 5.65. The number of benzene rings is 2. The first-order valence-electron chi connectivity index (χ1n) is 7.58. The zero-order valence-corrected chi connectivity index (χ0v) is 14.4. The number of carbonyl (C=O) groups excluding carboxylic acids is 2. The summed E-state index contributed by atoms with van der Waals surface area (Å²) in [7, 11) is 0. The van der Waals surface area contributed by atoms with Crippen LogP contribution in [-0.4, -0.2) is 24.1 Å². The predicted octanol–water partition coefficient (Wildman–Crippen LogP) is 3.24. The zero-order chi connectivity index (χ0) is 18.1. The van der Waals surface area contributed by atoms with Crippen molar-refractivity contribution >= 4 is 34.8 Å². The predicted molar refractivity (Wildman–Crippen MR) is 97.9 cm³/mol. The number of para-hydroxylation sites is 1. The Hall–Kier alpha value is -2.86. The third-order valence-corrected chi connectivity index (χ3v) is 3.28. The van der Waals surface area contributed by atoms with Crippen molar-refractivity contribution in [3.63, 3.8) is 0 Å². The second kappa shape index (κ2) is 9.44. The van der Waals surface area contributed by atoms with Gasteiger partial charge in [-0.2, -0.15) is 5.10 Å². The molecule has 0 aliphatic rings. The van der Waals surface area contributed by atoms with Gasteiger partial charge >= 0.3 is 0 Å². The van der Waals surface area contributed by atoms with Crippen LogP contribution in [0.2, 0.25) is 5.02 Å². The van der Waals surface area contributed by atoms with Crippen molar-refractivity contribution in [1.82, 2.24) is 5.43 Å². The molecule has 0 aliphatic heterocycles. The van der Waals surface area contributed by atoms with Gasteiger partial charge in [-0.25, -0.2) is 5.43 Å². The summed E-state index contributed by atoms with van der Waals surface area (Å²) in [6.07, 6.45) is 0.0766. The Kier molecular flexibility index (Phi) is 6.98. The molecular formula is C18H18ClN3O3. The Morgan fingerprint density at radius 3 is 2.40 bits per heavy atom. The van der Waals surface area contributed by atoms with E-state index in [4.69, 9.17) is 16.3 Å². The Bertz CT molecular complexity index is 746. The summed E-state index contributed by atoms with van der Waals surface area (Å²) in [6.45, 7) is 1.47. The van der Waals surface area contributed by atoms with Crippen LogP contribution in [0.3, 0.4) is 0 Å². The van der Waals surface area contributed by atoms with Gasteiger partial charge in [0.05, 0.1) is 6.42 Å². The van der Waals surface area contributed by atoms with Gasteiger partial charge in [-0.3, -0.25) is 9.59 Å². The molecule has 2 amide bonds. The number of nitrogens with zero attached hydrogens (tertiary/aromatic N) is 1. The maximum atomic E-state index is 11.9. The largest absolute Gasteiger partial charge is 0.484 e. The minimum absolute atomic E-state index is 0.0766. The number of halogens is 1. The van der Waals surface area contributed by atoms with Gasteiger partial charge in [-0.05, 0) is 43.3 Å². The molecule has 0 aliphatic carbocycles. The highest BCUT2D eigenvalue weighted by atomic mass is 35.5. The van der Waals surface area contributed by atoms with Gasteiger partial charge in [-0.1, -0.05) is 29.8 Å². The van der Waals surface area contributed by atoms with Crippen molar-refractivity contribution in [3.05, 3.63) is 59.6 Å². The lowest BCUT2D eigenvalue weighted by atomic mass is 10.2. The van der Waals surface area contributed by atoms with Crippen molar-refractivity contribution in [1.29, 1.82) is 0 Å². The van der Waals surface area contributed by atoms with E-state index in [2.05, 4.69) is 15.8 Å². The average Bonchev–Trinajstić information content (AvgIpc) is 2.60. The third kappa shape index (κ3) is 7.05. The standard InChI is InChI=1S/C18H18ClN3O3/c1-13(11-17(23)20-15-5-3-2-4-6-15)21-22-18(24)12-25-16-9-7-14(19)8-10-16/h2-10H,11-12H2,1H3,(H,20,23)(H,22,24)/b21-13+. The molecular weight excluding hydrogens is 342 g/mol. The number of hydrazone groups is 1. The smallest absolute Gasteiger partial charge is 0.277 e. The van der Waals surface area contributed by atoms with E-state index in [0.717, 1.165) is 0 Å². The molecule has 25 heavy (non-hydrogen) atoms. The number of amides is 2. The van der Waals surface area contributed by atoms with Crippen LogP contribution < -0.4 is 15.5 Å². The van der Waals surface area contributed by atoms with Gasteiger partial charge in [0.1, 0.15) is 5.75 Å². The van der Waals surface area contributed by atoms with Gasteiger partial charge in [0.15, 0.2) is 6.61 Å². The maximum absolute atomic E-state index is 11.9. The van der Waals surface area contributed by atoms with Crippen molar-refractivity contribution in [2.24, 2.45) is 5.10 Å². The zero-order valence-electron chi connectivity index (χ0n) is 13.7. The molecule has 130 valence electrons. The van der Waals surface area contributed by atoms with Gasteiger partial charge in [-0.15, -0.1) is 0 Å². The molecule has 0 atom stereocenters. The van der Waals surface area contributed by atoms with Crippen LogP contribution >= 0.6 is 11.6 Å². The molecule has 0 radical (unpaired) electrons. The third-order valence-electron chi connectivity index (χ3n) is 3.03. The maximum Gasteiger partial charge on any atom is 0.277 e. The van der Waals surface area contributed by atoms with Crippen LogP contribution in [0.25, 0.3) is 0 Å². The lowest BCUT2D eigenvalue weighted by Crippen LogP contribution is -2.26. The van der Waals surface area contributed by atoms with Crippen molar-refractivity contribution in [2.45, 2.75) is 13.3 Å². The van der Waals surface area contributed by atoms with Crippen LogP contribution in [-0.2, 0) is 9.59 Å². The van der Waals surface area contributed by atoms with E-state index in [1.807, 2.05) is 18.2 Å². The van der Waals surface area contributed by atoms with Gasteiger partial charge in [0, 0.05) is 16.4 Å². The van der Waals surface area contributed by atoms with E-state index < -0.39 is 5.91 Å². The summed E-state index contributed by atoms with van der Waals surface area (Å²) in [4.78, 5) is 23.6. The summed E-state index contributed by atoms with van der Waals surface area (Å²) in [5, 5.41) is 7.22. The van der Waals surface area contributed by atoms with Gasteiger partial charge in [0.25, 0.3) is 5.91 Å². The first-order chi connectivity index (χ1) is 12.0. The lowest BCUT2D eigenvalue weighted by Gasteiger charge is -2.06. The average molecular weight is 360 g/mol. The lowest BCUT2D eigenvalue weighted by molar-refractivity contribution is -0.123. The molecule has 6 nitrogen and oxygen atoms in total. The normalized spacial score (nSPS) is 10.9. The quantitative estimate of drug-likeness (QED) is 0.588.